The van der Waals surface area contributed by atoms with Gasteiger partial charge < -0.3 is 23.8 Å². The number of benzene rings is 2. The van der Waals surface area contributed by atoms with E-state index >= 15 is 4.11 Å². The maximum absolute atomic E-state index is 16.1. The van der Waals surface area contributed by atoms with Crippen molar-refractivity contribution >= 4 is 54.2 Å². The van der Waals surface area contributed by atoms with Gasteiger partial charge in [0, 0.05) is 39.3 Å². The van der Waals surface area contributed by atoms with E-state index < -0.39 is 42.4 Å². The van der Waals surface area contributed by atoms with Crippen LogP contribution in [0, 0.1) is 19.6 Å². The van der Waals surface area contributed by atoms with Crippen molar-refractivity contribution in [3.05, 3.63) is 67.3 Å². The highest BCUT2D eigenvalue weighted by molar-refractivity contribution is 14.1. The third kappa shape index (κ3) is 4.86. The SMILES string of the molecule is C[C@H]1[C@H]([Si](C)(C)F)[C@@H](CC(=O)N2CCC[C@H]2CO)O[C@]12C(=O)N(Cc1ccc(I)cc1)c1ccc([N+](=O)[O-])cc12. The largest absolute Gasteiger partial charge is 0.394 e. The first-order valence-corrected chi connectivity index (χ1v) is 17.5. The average Bonchev–Trinajstić information content (AvgIpc) is 3.55. The zero-order valence-corrected chi connectivity index (χ0v) is 25.8. The summed E-state index contributed by atoms with van der Waals surface area (Å²) in [6.45, 7) is 5.46. The fraction of sp³-hybridized carbons (Fsp3) is 0.500. The summed E-state index contributed by atoms with van der Waals surface area (Å²) in [5.74, 6) is -1.31. The molecule has 5 rings (SSSR count). The number of carbonyl (C=O) groups excluding carboxylic acids is 2. The lowest BCUT2D eigenvalue weighted by atomic mass is 9.82. The van der Waals surface area contributed by atoms with Crippen LogP contribution >= 0.6 is 22.6 Å². The van der Waals surface area contributed by atoms with Crippen LogP contribution in [0.3, 0.4) is 0 Å². The quantitative estimate of drug-likeness (QED) is 0.146. The number of hydrogen-bond donors (Lipinski definition) is 1. The molecule has 0 radical (unpaired) electrons. The fourth-order valence-electron chi connectivity index (χ4n) is 6.92. The Hall–Kier alpha value is -2.42. The number of aliphatic hydroxyl groups excluding tert-OH is 1. The van der Waals surface area contributed by atoms with Crippen LogP contribution < -0.4 is 4.90 Å². The first-order valence-electron chi connectivity index (χ1n) is 13.5. The molecular weight excluding hydrogens is 648 g/mol. The van der Waals surface area contributed by atoms with Crippen LogP contribution in [0.15, 0.2) is 42.5 Å². The summed E-state index contributed by atoms with van der Waals surface area (Å²) in [6, 6.07) is 11.7. The molecule has 2 aromatic rings. The van der Waals surface area contributed by atoms with Crippen molar-refractivity contribution in [2.45, 2.75) is 69.1 Å². The first-order chi connectivity index (χ1) is 18.9. The highest BCUT2D eigenvalue weighted by Crippen LogP contribution is 2.60. The van der Waals surface area contributed by atoms with Crippen LogP contribution in [-0.2, 0) is 26.5 Å². The normalized spacial score (nSPS) is 28.0. The Morgan fingerprint density at radius 2 is 1.98 bits per heavy atom. The molecule has 1 N–H and O–H groups in total. The zero-order chi connectivity index (χ0) is 29.0. The monoisotopic (exact) mass is 681 g/mol. The number of rotatable bonds is 7. The molecule has 0 aliphatic carbocycles. The molecule has 0 bridgehead atoms. The molecule has 9 nitrogen and oxygen atoms in total. The minimum atomic E-state index is -3.51. The summed E-state index contributed by atoms with van der Waals surface area (Å²) in [5, 5.41) is 21.5. The van der Waals surface area contributed by atoms with Crippen LogP contribution in [-0.4, -0.2) is 60.4 Å². The minimum Gasteiger partial charge on any atom is -0.394 e. The minimum absolute atomic E-state index is 0.123. The van der Waals surface area contributed by atoms with E-state index in [0.29, 0.717) is 24.2 Å². The molecule has 214 valence electrons. The molecule has 40 heavy (non-hydrogen) atoms. The molecule has 2 fully saturated rings. The molecule has 5 atom stereocenters. The zero-order valence-electron chi connectivity index (χ0n) is 22.7. The number of amides is 2. The molecule has 12 heteroatoms. The number of nitrogens with zero attached hydrogens (tertiary/aromatic N) is 3. The van der Waals surface area contributed by atoms with Gasteiger partial charge in [-0.25, -0.2) is 0 Å². The van der Waals surface area contributed by atoms with Crippen LogP contribution in [0.25, 0.3) is 0 Å². The van der Waals surface area contributed by atoms with Gasteiger partial charge in [0.05, 0.1) is 42.3 Å². The molecule has 2 saturated heterocycles. The Bertz CT molecular complexity index is 1340. The number of halogens is 2. The number of non-ortho nitro benzene ring substituents is 1. The van der Waals surface area contributed by atoms with Gasteiger partial charge in [-0.3, -0.25) is 19.7 Å². The van der Waals surface area contributed by atoms with Crippen LogP contribution in [0.1, 0.15) is 37.3 Å². The van der Waals surface area contributed by atoms with Crippen molar-refractivity contribution in [1.82, 2.24) is 4.90 Å². The summed E-state index contributed by atoms with van der Waals surface area (Å²) in [7, 11) is -3.51. The number of anilines is 1. The summed E-state index contributed by atoms with van der Waals surface area (Å²) in [5.41, 5.74) is -0.845. The Morgan fingerprint density at radius 3 is 2.60 bits per heavy atom. The molecule has 3 aliphatic rings. The van der Waals surface area contributed by atoms with E-state index in [1.54, 1.807) is 35.9 Å². The lowest BCUT2D eigenvalue weighted by Crippen LogP contribution is -2.45. The van der Waals surface area contributed by atoms with Crippen molar-refractivity contribution in [2.75, 3.05) is 18.1 Å². The Labute approximate surface area is 247 Å². The number of hydrogen-bond acceptors (Lipinski definition) is 6. The standard InChI is InChI=1S/C28H33FIN3O6Si/c1-17-26(40(2,3)29)24(14-25(35)31-12-4-5-21(31)16-34)39-28(17)22-13-20(33(37)38)10-11-23(22)32(27(28)36)15-18-6-8-19(30)9-7-18/h6-11,13,17,21,24,26,34H,4-5,12,14-16H2,1-3H3/t17-,21-,24+,26-,28+/m0/s1. The van der Waals surface area contributed by atoms with Gasteiger partial charge in [0.1, 0.15) is 0 Å². The highest BCUT2D eigenvalue weighted by atomic mass is 127. The smallest absolute Gasteiger partial charge is 0.269 e. The van der Waals surface area contributed by atoms with Gasteiger partial charge in [-0.1, -0.05) is 19.1 Å². The van der Waals surface area contributed by atoms with E-state index in [4.69, 9.17) is 4.74 Å². The lowest BCUT2D eigenvalue weighted by Gasteiger charge is -2.31. The van der Waals surface area contributed by atoms with Gasteiger partial charge in [0.2, 0.25) is 14.3 Å². The lowest BCUT2D eigenvalue weighted by molar-refractivity contribution is -0.385. The topological polar surface area (TPSA) is 113 Å². The van der Waals surface area contributed by atoms with Gasteiger partial charge >= 0.3 is 0 Å². The van der Waals surface area contributed by atoms with Crippen molar-refractivity contribution in [3.8, 4) is 0 Å². The van der Waals surface area contributed by atoms with Gasteiger partial charge in [0.15, 0.2) is 5.60 Å². The van der Waals surface area contributed by atoms with Gasteiger partial charge in [-0.2, -0.15) is 0 Å². The predicted octanol–water partition coefficient (Wildman–Crippen LogP) is 4.89. The second-order valence-corrected chi connectivity index (χ2v) is 16.6. The van der Waals surface area contributed by atoms with Crippen molar-refractivity contribution in [1.29, 1.82) is 0 Å². The van der Waals surface area contributed by atoms with E-state index in [1.165, 1.54) is 12.1 Å². The fourth-order valence-corrected chi connectivity index (χ4v) is 9.77. The number of aliphatic hydroxyl groups is 1. The molecule has 2 amide bonds. The van der Waals surface area contributed by atoms with Crippen LogP contribution in [0.2, 0.25) is 18.6 Å². The van der Waals surface area contributed by atoms with Crippen LogP contribution in [0.5, 0.6) is 0 Å². The van der Waals surface area contributed by atoms with Gasteiger partial charge in [-0.05, 0) is 72.3 Å². The molecule has 0 unspecified atom stereocenters. The number of ether oxygens (including phenoxy) is 1. The van der Waals surface area contributed by atoms with E-state index in [1.807, 2.05) is 24.3 Å². The number of nitro groups is 1. The summed E-state index contributed by atoms with van der Waals surface area (Å²) in [4.78, 5) is 42.2. The van der Waals surface area contributed by atoms with Crippen molar-refractivity contribution in [3.63, 3.8) is 0 Å². The molecule has 2 aromatic carbocycles. The average molecular weight is 682 g/mol. The summed E-state index contributed by atoms with van der Waals surface area (Å²) >= 11 is 2.20. The van der Waals surface area contributed by atoms with Crippen molar-refractivity contribution < 1.29 is 28.5 Å². The Balaban J connectivity index is 1.57. The third-order valence-electron chi connectivity index (χ3n) is 8.69. The maximum Gasteiger partial charge on any atom is 0.269 e. The summed E-state index contributed by atoms with van der Waals surface area (Å²) < 4.78 is 23.7. The van der Waals surface area contributed by atoms with Crippen molar-refractivity contribution in [2.24, 2.45) is 5.92 Å². The predicted molar refractivity (Wildman–Crippen MR) is 158 cm³/mol. The number of carbonyl (C=O) groups is 2. The van der Waals surface area contributed by atoms with E-state index in [0.717, 1.165) is 15.6 Å². The second kappa shape index (κ2) is 10.8. The Morgan fingerprint density at radius 1 is 1.27 bits per heavy atom. The molecular formula is C28H33FIN3O6Si. The van der Waals surface area contributed by atoms with E-state index in [9.17, 15) is 24.8 Å². The summed E-state index contributed by atoms with van der Waals surface area (Å²) in [6.07, 6.45) is 0.466. The van der Waals surface area contributed by atoms with E-state index in [2.05, 4.69) is 22.6 Å². The van der Waals surface area contributed by atoms with Crippen LogP contribution in [0.4, 0.5) is 15.5 Å². The number of fused-ring (bicyclic) bond motifs is 2. The molecule has 0 aromatic heterocycles. The molecule has 0 saturated carbocycles. The van der Waals surface area contributed by atoms with E-state index in [-0.39, 0.29) is 37.2 Å². The first kappa shape index (κ1) is 29.1. The third-order valence-corrected chi connectivity index (χ3v) is 11.9. The molecule has 3 heterocycles. The number of likely N-dealkylation sites (tertiary alicyclic amines) is 1. The Kier molecular flexibility index (Phi) is 7.83. The maximum atomic E-state index is 16.1. The molecule has 1 spiro atoms. The van der Waals surface area contributed by atoms with Gasteiger partial charge in [0.25, 0.3) is 11.6 Å². The number of nitro benzene ring substituents is 1. The highest BCUT2D eigenvalue weighted by Gasteiger charge is 2.67. The van der Waals surface area contributed by atoms with Gasteiger partial charge in [-0.15, -0.1) is 0 Å². The second-order valence-electron chi connectivity index (χ2n) is 11.5. The molecule has 3 aliphatic heterocycles.